The number of halogens is 2. The van der Waals surface area contributed by atoms with Gasteiger partial charge in [0.15, 0.2) is 11.5 Å². The lowest BCUT2D eigenvalue weighted by atomic mass is 10.1. The molecule has 0 saturated carbocycles. The molecule has 8 nitrogen and oxygen atoms in total. The summed E-state index contributed by atoms with van der Waals surface area (Å²) in [6, 6.07) is 10.6. The molecule has 1 N–H and O–H groups in total. The van der Waals surface area contributed by atoms with Gasteiger partial charge in [-0.1, -0.05) is 41.5 Å². The van der Waals surface area contributed by atoms with Crippen LogP contribution in [0, 0.1) is 18.3 Å². The standard InChI is InChI=1S/C25H24Cl2N4O4S/c1-4-22-30-31-25(36-22)29-24(32)17(14-28)11-16-12-20(27)23(21(13-16)33-5-2)35-9-8-34-18-6-7-19(26)15(3)10-18/h6-7,10-13H,4-5,8-9H2,1-3H3,(H,29,31,32). The summed E-state index contributed by atoms with van der Waals surface area (Å²) in [6.07, 6.45) is 2.12. The fourth-order valence-corrected chi connectivity index (χ4v) is 4.08. The summed E-state index contributed by atoms with van der Waals surface area (Å²) in [5.41, 5.74) is 1.30. The van der Waals surface area contributed by atoms with E-state index in [-0.39, 0.29) is 23.8 Å². The van der Waals surface area contributed by atoms with Gasteiger partial charge in [-0.2, -0.15) is 5.26 Å². The predicted octanol–water partition coefficient (Wildman–Crippen LogP) is 6.12. The molecule has 3 rings (SSSR count). The molecule has 0 aliphatic heterocycles. The Bertz CT molecular complexity index is 1300. The highest BCUT2D eigenvalue weighted by Crippen LogP contribution is 2.37. The van der Waals surface area contributed by atoms with Crippen LogP contribution in [0.2, 0.25) is 10.0 Å². The van der Waals surface area contributed by atoms with Crippen molar-refractivity contribution < 1.29 is 19.0 Å². The lowest BCUT2D eigenvalue weighted by molar-refractivity contribution is -0.112. The minimum absolute atomic E-state index is 0.123. The molecule has 0 unspecified atom stereocenters. The predicted molar refractivity (Wildman–Crippen MR) is 141 cm³/mol. The quantitative estimate of drug-likeness (QED) is 0.175. The van der Waals surface area contributed by atoms with Crippen molar-refractivity contribution in [1.82, 2.24) is 10.2 Å². The Morgan fingerprint density at radius 1 is 1.11 bits per heavy atom. The van der Waals surface area contributed by atoms with Crippen LogP contribution in [0.1, 0.15) is 30.0 Å². The summed E-state index contributed by atoms with van der Waals surface area (Å²) in [6.45, 7) is 6.51. The third kappa shape index (κ3) is 7.34. The lowest BCUT2D eigenvalue weighted by Crippen LogP contribution is -2.13. The topological polar surface area (TPSA) is 106 Å². The number of aromatic nitrogens is 2. The second kappa shape index (κ2) is 13.1. The van der Waals surface area contributed by atoms with E-state index in [1.54, 1.807) is 24.3 Å². The van der Waals surface area contributed by atoms with E-state index in [1.807, 2.05) is 32.9 Å². The Morgan fingerprint density at radius 3 is 2.56 bits per heavy atom. The molecule has 1 heterocycles. The van der Waals surface area contributed by atoms with Crippen LogP contribution in [0.4, 0.5) is 5.13 Å². The van der Waals surface area contributed by atoms with E-state index < -0.39 is 5.91 Å². The molecule has 0 aliphatic carbocycles. The number of nitriles is 1. The first-order chi connectivity index (χ1) is 17.3. The number of hydrogen-bond donors (Lipinski definition) is 1. The van der Waals surface area contributed by atoms with Crippen molar-refractivity contribution in [2.24, 2.45) is 0 Å². The molecule has 36 heavy (non-hydrogen) atoms. The van der Waals surface area contributed by atoms with Crippen molar-refractivity contribution >= 4 is 51.7 Å². The number of anilines is 1. The molecule has 0 saturated heterocycles. The molecule has 2 aromatic carbocycles. The summed E-state index contributed by atoms with van der Waals surface area (Å²) >= 11 is 13.8. The van der Waals surface area contributed by atoms with Gasteiger partial charge >= 0.3 is 0 Å². The summed E-state index contributed by atoms with van der Waals surface area (Å²) in [5, 5.41) is 22.0. The maximum atomic E-state index is 12.6. The molecule has 1 aromatic heterocycles. The number of ether oxygens (including phenoxy) is 3. The van der Waals surface area contributed by atoms with Gasteiger partial charge < -0.3 is 14.2 Å². The fraction of sp³-hybridized carbons (Fsp3) is 0.280. The third-order valence-corrected chi connectivity index (χ3v) is 6.41. The highest BCUT2D eigenvalue weighted by Gasteiger charge is 2.16. The largest absolute Gasteiger partial charge is 0.490 e. The van der Waals surface area contributed by atoms with E-state index in [0.29, 0.717) is 46.0 Å². The first-order valence-electron chi connectivity index (χ1n) is 11.1. The van der Waals surface area contributed by atoms with E-state index in [0.717, 1.165) is 10.6 Å². The maximum absolute atomic E-state index is 12.6. The number of carbonyl (C=O) groups excluding carboxylic acids is 1. The first kappa shape index (κ1) is 27.3. The number of carbonyl (C=O) groups is 1. The summed E-state index contributed by atoms with van der Waals surface area (Å²) < 4.78 is 17.2. The zero-order chi connectivity index (χ0) is 26.1. The summed E-state index contributed by atoms with van der Waals surface area (Å²) in [7, 11) is 0. The minimum Gasteiger partial charge on any atom is -0.490 e. The van der Waals surface area contributed by atoms with E-state index >= 15 is 0 Å². The van der Waals surface area contributed by atoms with E-state index in [4.69, 9.17) is 37.4 Å². The highest BCUT2D eigenvalue weighted by atomic mass is 35.5. The van der Waals surface area contributed by atoms with Crippen molar-refractivity contribution in [1.29, 1.82) is 5.26 Å². The van der Waals surface area contributed by atoms with Gasteiger partial charge in [0.1, 0.15) is 35.6 Å². The Kier molecular flexibility index (Phi) is 9.94. The van der Waals surface area contributed by atoms with Crippen LogP contribution in [0.3, 0.4) is 0 Å². The summed E-state index contributed by atoms with van der Waals surface area (Å²) in [5.74, 6) is 0.808. The van der Waals surface area contributed by atoms with Gasteiger partial charge in [-0.3, -0.25) is 10.1 Å². The highest BCUT2D eigenvalue weighted by molar-refractivity contribution is 7.15. The Hall–Kier alpha value is -3.32. The van der Waals surface area contributed by atoms with Gasteiger partial charge in [-0.15, -0.1) is 10.2 Å². The fourth-order valence-electron chi connectivity index (χ4n) is 3.01. The van der Waals surface area contributed by atoms with Gasteiger partial charge in [0.2, 0.25) is 5.13 Å². The second-order valence-corrected chi connectivity index (χ2v) is 9.23. The number of nitrogens with one attached hydrogen (secondary N) is 1. The van der Waals surface area contributed by atoms with Crippen LogP contribution in [0.5, 0.6) is 17.2 Å². The molecule has 0 fully saturated rings. The van der Waals surface area contributed by atoms with Crippen LogP contribution in [-0.4, -0.2) is 35.9 Å². The molecule has 0 spiro atoms. The molecule has 3 aromatic rings. The van der Waals surface area contributed by atoms with Gasteiger partial charge in [0, 0.05) is 5.02 Å². The first-order valence-corrected chi connectivity index (χ1v) is 12.6. The van der Waals surface area contributed by atoms with Crippen molar-refractivity contribution in [3.8, 4) is 23.3 Å². The van der Waals surface area contributed by atoms with Gasteiger partial charge in [-0.25, -0.2) is 0 Å². The zero-order valence-electron chi connectivity index (χ0n) is 19.9. The second-order valence-electron chi connectivity index (χ2n) is 7.35. The average molecular weight is 547 g/mol. The normalized spacial score (nSPS) is 11.1. The molecule has 0 radical (unpaired) electrons. The van der Waals surface area contributed by atoms with Crippen LogP contribution in [0.25, 0.3) is 6.08 Å². The SMILES string of the molecule is CCOc1cc(C=C(C#N)C(=O)Nc2nnc(CC)s2)cc(Cl)c1OCCOc1ccc(Cl)c(C)c1. The van der Waals surface area contributed by atoms with Gasteiger partial charge in [0.05, 0.1) is 11.6 Å². The molecule has 188 valence electrons. The number of benzene rings is 2. The number of hydrogen-bond acceptors (Lipinski definition) is 8. The van der Waals surface area contributed by atoms with Crippen molar-refractivity contribution in [2.75, 3.05) is 25.1 Å². The smallest absolute Gasteiger partial charge is 0.268 e. The van der Waals surface area contributed by atoms with Crippen molar-refractivity contribution in [3.05, 3.63) is 62.1 Å². The van der Waals surface area contributed by atoms with Crippen LogP contribution < -0.4 is 19.5 Å². The lowest BCUT2D eigenvalue weighted by Gasteiger charge is -2.15. The van der Waals surface area contributed by atoms with Gasteiger partial charge in [-0.05, 0) is 67.8 Å². The van der Waals surface area contributed by atoms with Crippen molar-refractivity contribution in [2.45, 2.75) is 27.2 Å². The summed E-state index contributed by atoms with van der Waals surface area (Å²) in [4.78, 5) is 12.6. The number of amides is 1. The Balaban J connectivity index is 1.71. The average Bonchev–Trinajstić information content (AvgIpc) is 3.31. The molecule has 0 atom stereocenters. The molecular weight excluding hydrogens is 523 g/mol. The van der Waals surface area contributed by atoms with Crippen LogP contribution in [0.15, 0.2) is 35.9 Å². The van der Waals surface area contributed by atoms with E-state index in [9.17, 15) is 10.1 Å². The number of rotatable bonds is 11. The molecule has 0 bridgehead atoms. The monoisotopic (exact) mass is 546 g/mol. The van der Waals surface area contributed by atoms with Crippen molar-refractivity contribution in [3.63, 3.8) is 0 Å². The molecule has 1 amide bonds. The number of aryl methyl sites for hydroxylation is 2. The molecule has 0 aliphatic rings. The maximum Gasteiger partial charge on any atom is 0.268 e. The van der Waals surface area contributed by atoms with E-state index in [1.165, 1.54) is 17.4 Å². The Morgan fingerprint density at radius 2 is 1.89 bits per heavy atom. The van der Waals surface area contributed by atoms with Gasteiger partial charge in [0.25, 0.3) is 5.91 Å². The Labute approximate surface area is 223 Å². The number of nitrogens with zero attached hydrogens (tertiary/aromatic N) is 3. The minimum atomic E-state index is -0.597. The van der Waals surface area contributed by atoms with Crippen LogP contribution >= 0.6 is 34.5 Å². The van der Waals surface area contributed by atoms with E-state index in [2.05, 4.69) is 15.5 Å². The molecular formula is C25H24Cl2N4O4S. The molecule has 11 heteroatoms. The third-order valence-electron chi connectivity index (χ3n) is 4.73. The van der Waals surface area contributed by atoms with Crippen LogP contribution in [-0.2, 0) is 11.2 Å². The zero-order valence-corrected chi connectivity index (χ0v) is 22.3.